The van der Waals surface area contributed by atoms with E-state index in [1.54, 1.807) is 6.92 Å². The molecule has 0 aromatic carbocycles. The number of nitrogens with zero attached hydrogens (tertiary/aromatic N) is 2. The fraction of sp³-hybridized carbons (Fsp3) is 0.615. The average molecular weight is 282 g/mol. The second-order valence-corrected chi connectivity index (χ2v) is 5.54. The van der Waals surface area contributed by atoms with Gasteiger partial charge in [-0.15, -0.1) is 0 Å². The van der Waals surface area contributed by atoms with Gasteiger partial charge >= 0.3 is 5.97 Å². The zero-order valence-corrected chi connectivity index (χ0v) is 12.6. The highest BCUT2D eigenvalue weighted by Crippen LogP contribution is 2.17. The first kappa shape index (κ1) is 16.0. The molecule has 0 fully saturated rings. The molecule has 1 rings (SSSR count). The van der Waals surface area contributed by atoms with Crippen LogP contribution in [0.4, 0.5) is 5.69 Å². The summed E-state index contributed by atoms with van der Waals surface area (Å²) in [5, 5.41) is 6.83. The van der Waals surface area contributed by atoms with E-state index in [2.05, 4.69) is 10.4 Å². The summed E-state index contributed by atoms with van der Waals surface area (Å²) >= 11 is 0. The highest BCUT2D eigenvalue weighted by Gasteiger charge is 2.22. The van der Waals surface area contributed by atoms with Crippen LogP contribution in [-0.4, -0.2) is 33.8 Å². The smallest absolute Gasteiger partial charge is 0.359 e. The van der Waals surface area contributed by atoms with Crippen molar-refractivity contribution in [1.29, 1.82) is 0 Å². The van der Waals surface area contributed by atoms with Gasteiger partial charge in [0.05, 0.1) is 11.4 Å². The molecule has 3 N–H and O–H groups in total. The monoisotopic (exact) mass is 282 g/mol. The molecule has 7 heteroatoms. The normalized spacial score (nSPS) is 11.2. The Kier molecular flexibility index (Phi) is 4.75. The lowest BCUT2D eigenvalue weighted by atomic mass is 10.1. The highest BCUT2D eigenvalue weighted by atomic mass is 16.5. The summed E-state index contributed by atoms with van der Waals surface area (Å²) in [6, 6.07) is 0. The Morgan fingerprint density at radius 1 is 1.40 bits per heavy atom. The maximum atomic E-state index is 12.0. The number of hydrogen-bond donors (Lipinski definition) is 2. The van der Waals surface area contributed by atoms with Gasteiger partial charge in [0.25, 0.3) is 5.91 Å². The van der Waals surface area contributed by atoms with Gasteiger partial charge in [0.1, 0.15) is 0 Å². The van der Waals surface area contributed by atoms with E-state index in [0.29, 0.717) is 12.2 Å². The first-order chi connectivity index (χ1) is 9.15. The number of esters is 1. The Morgan fingerprint density at radius 2 is 2.00 bits per heavy atom. The van der Waals surface area contributed by atoms with Crippen LogP contribution < -0.4 is 11.1 Å². The van der Waals surface area contributed by atoms with E-state index in [9.17, 15) is 9.59 Å². The van der Waals surface area contributed by atoms with Gasteiger partial charge in [-0.05, 0) is 34.6 Å². The number of anilines is 1. The Morgan fingerprint density at radius 3 is 2.50 bits per heavy atom. The molecule has 1 heterocycles. The lowest BCUT2D eigenvalue weighted by molar-refractivity contribution is -0.125. The van der Waals surface area contributed by atoms with Gasteiger partial charge in [-0.1, -0.05) is 0 Å². The van der Waals surface area contributed by atoms with E-state index >= 15 is 0 Å². The van der Waals surface area contributed by atoms with E-state index in [4.69, 9.17) is 10.5 Å². The number of nitrogens with two attached hydrogens (primary N) is 1. The Bertz CT molecular complexity index is 514. The van der Waals surface area contributed by atoms with Crippen molar-refractivity contribution in [1.82, 2.24) is 15.1 Å². The van der Waals surface area contributed by atoms with Crippen molar-refractivity contribution < 1.29 is 14.3 Å². The van der Waals surface area contributed by atoms with Crippen molar-refractivity contribution in [3.63, 3.8) is 0 Å². The number of nitrogens with one attached hydrogen (secondary N) is 1. The summed E-state index contributed by atoms with van der Waals surface area (Å²) in [6.45, 7) is 9.25. The van der Waals surface area contributed by atoms with Gasteiger partial charge in [-0.25, -0.2) is 4.79 Å². The molecule has 0 aliphatic rings. The molecule has 112 valence electrons. The van der Waals surface area contributed by atoms with Crippen LogP contribution in [0.1, 0.15) is 43.9 Å². The number of amides is 1. The number of nitrogen functional groups attached to an aromatic ring is 1. The Labute approximate surface area is 118 Å². The molecule has 1 aromatic rings. The Hall–Kier alpha value is -2.05. The molecule has 0 saturated carbocycles. The van der Waals surface area contributed by atoms with Crippen molar-refractivity contribution in [3.8, 4) is 0 Å². The third-order valence-corrected chi connectivity index (χ3v) is 2.52. The topological polar surface area (TPSA) is 99.2 Å². The van der Waals surface area contributed by atoms with Crippen molar-refractivity contribution in [3.05, 3.63) is 11.4 Å². The molecule has 0 atom stereocenters. The summed E-state index contributed by atoms with van der Waals surface area (Å²) in [5.74, 6) is -1.00. The quantitative estimate of drug-likeness (QED) is 0.798. The van der Waals surface area contributed by atoms with Crippen LogP contribution in [0, 0.1) is 6.92 Å². The zero-order valence-electron chi connectivity index (χ0n) is 12.6. The van der Waals surface area contributed by atoms with Crippen molar-refractivity contribution in [2.24, 2.45) is 0 Å². The summed E-state index contributed by atoms with van der Waals surface area (Å²) in [4.78, 5) is 23.6. The van der Waals surface area contributed by atoms with E-state index in [0.717, 1.165) is 0 Å². The first-order valence-electron chi connectivity index (χ1n) is 6.46. The van der Waals surface area contributed by atoms with Crippen LogP contribution in [0.5, 0.6) is 0 Å². The fourth-order valence-corrected chi connectivity index (χ4v) is 1.69. The van der Waals surface area contributed by atoms with E-state index in [1.165, 1.54) is 4.68 Å². The molecule has 7 nitrogen and oxygen atoms in total. The van der Waals surface area contributed by atoms with Crippen LogP contribution in [0.15, 0.2) is 0 Å². The number of carbonyl (C=O) groups excluding carboxylic acids is 2. The van der Waals surface area contributed by atoms with Crippen LogP contribution in [-0.2, 0) is 16.1 Å². The van der Waals surface area contributed by atoms with Crippen molar-refractivity contribution in [2.45, 2.75) is 46.7 Å². The summed E-state index contributed by atoms with van der Waals surface area (Å²) < 4.78 is 6.45. The lowest BCUT2D eigenvalue weighted by Gasteiger charge is -2.20. The zero-order chi connectivity index (χ0) is 15.5. The minimum Gasteiger partial charge on any atom is -0.451 e. The molecule has 20 heavy (non-hydrogen) atoms. The maximum absolute atomic E-state index is 12.0. The largest absolute Gasteiger partial charge is 0.451 e. The second kappa shape index (κ2) is 5.94. The fourth-order valence-electron chi connectivity index (χ4n) is 1.69. The Balaban J connectivity index is 2.71. The molecular weight excluding hydrogens is 260 g/mol. The third kappa shape index (κ3) is 3.97. The predicted molar refractivity (Wildman–Crippen MR) is 75.2 cm³/mol. The number of aryl methyl sites for hydroxylation is 2. The number of carbonyl (C=O) groups is 2. The molecule has 0 aliphatic carbocycles. The summed E-state index contributed by atoms with van der Waals surface area (Å²) in [7, 11) is 0. The average Bonchev–Trinajstić information content (AvgIpc) is 2.60. The summed E-state index contributed by atoms with van der Waals surface area (Å²) in [5.41, 5.74) is 6.47. The molecule has 0 radical (unpaired) electrons. The SMILES string of the molecule is CCn1nc(C)c(N)c1C(=O)OCC(=O)NC(C)(C)C. The predicted octanol–water partition coefficient (Wildman–Crippen LogP) is 0.865. The summed E-state index contributed by atoms with van der Waals surface area (Å²) in [6.07, 6.45) is 0. The van der Waals surface area contributed by atoms with Gasteiger partial charge in [-0.3, -0.25) is 9.48 Å². The van der Waals surface area contributed by atoms with Gasteiger partial charge in [0, 0.05) is 12.1 Å². The standard InChI is InChI=1S/C13H22N4O3/c1-6-17-11(10(14)8(2)16-17)12(19)20-7-9(18)15-13(3,4)5/h6-7,14H2,1-5H3,(H,15,18). The van der Waals surface area contributed by atoms with Crippen molar-refractivity contribution >= 4 is 17.6 Å². The van der Waals surface area contributed by atoms with Crippen LogP contribution in [0.25, 0.3) is 0 Å². The second-order valence-electron chi connectivity index (χ2n) is 5.54. The first-order valence-corrected chi connectivity index (χ1v) is 6.46. The van der Waals surface area contributed by atoms with Gasteiger partial charge in [0.2, 0.25) is 0 Å². The molecule has 1 amide bonds. The minimum absolute atomic E-state index is 0.188. The molecule has 1 aromatic heterocycles. The molecule has 0 aliphatic heterocycles. The van der Waals surface area contributed by atoms with Crippen molar-refractivity contribution in [2.75, 3.05) is 12.3 Å². The van der Waals surface area contributed by atoms with Gasteiger partial charge in [0.15, 0.2) is 12.3 Å². The third-order valence-electron chi connectivity index (χ3n) is 2.52. The number of aromatic nitrogens is 2. The van der Waals surface area contributed by atoms with E-state index in [-0.39, 0.29) is 29.4 Å². The van der Waals surface area contributed by atoms with E-state index in [1.807, 2.05) is 27.7 Å². The van der Waals surface area contributed by atoms with Gasteiger partial charge < -0.3 is 15.8 Å². The molecule has 0 spiro atoms. The number of rotatable bonds is 4. The van der Waals surface area contributed by atoms with Gasteiger partial charge in [-0.2, -0.15) is 5.10 Å². The minimum atomic E-state index is -0.644. The highest BCUT2D eigenvalue weighted by molar-refractivity contribution is 5.95. The molecule has 0 unspecified atom stereocenters. The van der Waals surface area contributed by atoms with Crippen LogP contribution >= 0.6 is 0 Å². The number of hydrogen-bond acceptors (Lipinski definition) is 5. The van der Waals surface area contributed by atoms with Crippen LogP contribution in [0.2, 0.25) is 0 Å². The molecular formula is C13H22N4O3. The van der Waals surface area contributed by atoms with E-state index < -0.39 is 5.97 Å². The maximum Gasteiger partial charge on any atom is 0.359 e. The number of ether oxygens (including phenoxy) is 1. The lowest BCUT2D eigenvalue weighted by Crippen LogP contribution is -2.42. The molecule has 0 saturated heterocycles. The molecule has 0 bridgehead atoms. The van der Waals surface area contributed by atoms with Crippen LogP contribution in [0.3, 0.4) is 0 Å².